The molecule has 1 aliphatic rings. The highest BCUT2D eigenvalue weighted by Gasteiger charge is 2.07. The molecule has 0 bridgehead atoms. The van der Waals surface area contributed by atoms with Crippen LogP contribution in [0.4, 0.5) is 5.69 Å². The molecule has 2 rings (SSSR count). The Labute approximate surface area is 96.9 Å². The number of para-hydroxylation sites is 1. The lowest BCUT2D eigenvalue weighted by Gasteiger charge is -2.16. The lowest BCUT2D eigenvalue weighted by molar-refractivity contribution is 0.686. The summed E-state index contributed by atoms with van der Waals surface area (Å²) >= 11 is 0. The zero-order chi connectivity index (χ0) is 11.2. The Hall–Kier alpha value is -1.54. The fraction of sp³-hybridized carbons (Fsp3) is 0.286. The van der Waals surface area contributed by atoms with Gasteiger partial charge in [0, 0.05) is 18.8 Å². The molecular formula is C14H18N2. The van der Waals surface area contributed by atoms with Gasteiger partial charge < -0.3 is 11.1 Å². The number of nitrogens with two attached hydrogens (primary N) is 1. The van der Waals surface area contributed by atoms with Gasteiger partial charge in [-0.25, -0.2) is 0 Å². The lowest BCUT2D eigenvalue weighted by atomic mass is 9.96. The van der Waals surface area contributed by atoms with Crippen molar-refractivity contribution < 1.29 is 0 Å². The zero-order valence-electron chi connectivity index (χ0n) is 9.39. The molecule has 2 heteroatoms. The molecule has 1 atom stereocenters. The van der Waals surface area contributed by atoms with Crippen LogP contribution in [0.25, 0.3) is 0 Å². The van der Waals surface area contributed by atoms with E-state index in [1.807, 2.05) is 18.2 Å². The molecular weight excluding hydrogens is 196 g/mol. The molecule has 3 N–H and O–H groups in total. The predicted octanol–water partition coefficient (Wildman–Crippen LogP) is 2.56. The van der Waals surface area contributed by atoms with Crippen LogP contribution in [0.15, 0.2) is 54.1 Å². The molecule has 0 heterocycles. The fourth-order valence-corrected chi connectivity index (χ4v) is 1.82. The zero-order valence-corrected chi connectivity index (χ0v) is 9.39. The van der Waals surface area contributed by atoms with Gasteiger partial charge >= 0.3 is 0 Å². The number of nitrogens with one attached hydrogen (secondary N) is 1. The quantitative estimate of drug-likeness (QED) is 0.808. The van der Waals surface area contributed by atoms with Crippen molar-refractivity contribution >= 4 is 5.69 Å². The summed E-state index contributed by atoms with van der Waals surface area (Å²) < 4.78 is 0. The number of hydrogen-bond donors (Lipinski definition) is 2. The van der Waals surface area contributed by atoms with E-state index in [0.717, 1.165) is 13.0 Å². The highest BCUT2D eigenvalue weighted by Crippen LogP contribution is 2.16. The van der Waals surface area contributed by atoms with E-state index in [9.17, 15) is 0 Å². The molecule has 0 aromatic heterocycles. The van der Waals surface area contributed by atoms with Crippen LogP contribution in [0, 0.1) is 5.92 Å². The second-order valence-electron chi connectivity index (χ2n) is 4.08. The second kappa shape index (κ2) is 5.52. The molecule has 0 saturated heterocycles. The third-order valence-corrected chi connectivity index (χ3v) is 2.84. The Morgan fingerprint density at radius 1 is 1.25 bits per heavy atom. The van der Waals surface area contributed by atoms with E-state index in [-0.39, 0.29) is 0 Å². The van der Waals surface area contributed by atoms with Crippen LogP contribution in [0.5, 0.6) is 0 Å². The van der Waals surface area contributed by atoms with Gasteiger partial charge in [0.05, 0.1) is 0 Å². The average Bonchev–Trinajstić information content (AvgIpc) is 2.38. The maximum absolute atomic E-state index is 5.58. The fourth-order valence-electron chi connectivity index (χ4n) is 1.82. The first kappa shape index (κ1) is 11.0. The highest BCUT2D eigenvalue weighted by molar-refractivity contribution is 5.42. The summed E-state index contributed by atoms with van der Waals surface area (Å²) in [5, 5.41) is 3.44. The van der Waals surface area contributed by atoms with Gasteiger partial charge in [0.25, 0.3) is 0 Å². The summed E-state index contributed by atoms with van der Waals surface area (Å²) in [7, 11) is 0. The van der Waals surface area contributed by atoms with Crippen molar-refractivity contribution in [3.63, 3.8) is 0 Å². The molecule has 0 spiro atoms. The van der Waals surface area contributed by atoms with Gasteiger partial charge in [-0.1, -0.05) is 36.4 Å². The standard InChI is InChI=1S/C14H18N2/c15-10-12-6-8-13(9-7-12)11-16-14-4-2-1-3-5-14/h1-8,13,16H,9-11,15H2. The molecule has 0 fully saturated rings. The van der Waals surface area contributed by atoms with E-state index in [2.05, 4.69) is 35.7 Å². The van der Waals surface area contributed by atoms with Crippen molar-refractivity contribution in [3.8, 4) is 0 Å². The summed E-state index contributed by atoms with van der Waals surface area (Å²) in [5.74, 6) is 0.579. The Balaban J connectivity index is 1.81. The number of benzene rings is 1. The first-order valence-electron chi connectivity index (χ1n) is 5.74. The molecule has 1 aromatic carbocycles. The molecule has 16 heavy (non-hydrogen) atoms. The van der Waals surface area contributed by atoms with Gasteiger partial charge in [0.2, 0.25) is 0 Å². The minimum absolute atomic E-state index is 0.579. The Morgan fingerprint density at radius 3 is 2.69 bits per heavy atom. The van der Waals surface area contributed by atoms with E-state index in [4.69, 9.17) is 5.73 Å². The van der Waals surface area contributed by atoms with Gasteiger partial charge in [0.1, 0.15) is 0 Å². The summed E-state index contributed by atoms with van der Waals surface area (Å²) in [6.07, 6.45) is 7.71. The van der Waals surface area contributed by atoms with Crippen molar-refractivity contribution in [2.24, 2.45) is 11.7 Å². The van der Waals surface area contributed by atoms with E-state index in [0.29, 0.717) is 12.5 Å². The van der Waals surface area contributed by atoms with Crippen LogP contribution in [0.1, 0.15) is 6.42 Å². The van der Waals surface area contributed by atoms with Gasteiger partial charge in [-0.3, -0.25) is 0 Å². The number of anilines is 1. The summed E-state index contributed by atoms with van der Waals surface area (Å²) in [4.78, 5) is 0. The molecule has 0 radical (unpaired) electrons. The number of allylic oxidation sites excluding steroid dienone is 1. The maximum Gasteiger partial charge on any atom is 0.0340 e. The Bertz CT molecular complexity index is 379. The van der Waals surface area contributed by atoms with Crippen molar-refractivity contribution in [1.82, 2.24) is 0 Å². The molecule has 1 unspecified atom stereocenters. The van der Waals surface area contributed by atoms with Crippen molar-refractivity contribution in [2.75, 3.05) is 18.4 Å². The van der Waals surface area contributed by atoms with E-state index in [1.54, 1.807) is 0 Å². The molecule has 1 aliphatic carbocycles. The van der Waals surface area contributed by atoms with Gasteiger partial charge in [0.15, 0.2) is 0 Å². The summed E-state index contributed by atoms with van der Waals surface area (Å²) in [6, 6.07) is 10.3. The Morgan fingerprint density at radius 2 is 2.06 bits per heavy atom. The predicted molar refractivity (Wildman–Crippen MR) is 69.3 cm³/mol. The molecule has 0 amide bonds. The normalized spacial score (nSPS) is 19.3. The molecule has 0 saturated carbocycles. The third-order valence-electron chi connectivity index (χ3n) is 2.84. The average molecular weight is 214 g/mol. The van der Waals surface area contributed by atoms with Crippen molar-refractivity contribution in [3.05, 3.63) is 54.1 Å². The molecule has 0 aliphatic heterocycles. The van der Waals surface area contributed by atoms with Crippen LogP contribution >= 0.6 is 0 Å². The van der Waals surface area contributed by atoms with Crippen LogP contribution in [-0.4, -0.2) is 13.1 Å². The number of hydrogen-bond acceptors (Lipinski definition) is 2. The topological polar surface area (TPSA) is 38.0 Å². The van der Waals surface area contributed by atoms with E-state index in [1.165, 1.54) is 11.3 Å². The monoisotopic (exact) mass is 214 g/mol. The summed E-state index contributed by atoms with van der Waals surface area (Å²) in [5.41, 5.74) is 8.01. The van der Waals surface area contributed by atoms with Gasteiger partial charge in [-0.05, 0) is 30.0 Å². The van der Waals surface area contributed by atoms with Gasteiger partial charge in [-0.2, -0.15) is 0 Å². The maximum atomic E-state index is 5.58. The van der Waals surface area contributed by atoms with Crippen molar-refractivity contribution in [2.45, 2.75) is 6.42 Å². The molecule has 1 aromatic rings. The van der Waals surface area contributed by atoms with Crippen LogP contribution in [0.3, 0.4) is 0 Å². The minimum atomic E-state index is 0.579. The third kappa shape index (κ3) is 2.97. The lowest BCUT2D eigenvalue weighted by Crippen LogP contribution is -2.14. The SMILES string of the molecule is NCC1=CCC(CNc2ccccc2)C=C1. The number of rotatable bonds is 4. The Kier molecular flexibility index (Phi) is 3.78. The summed E-state index contributed by atoms with van der Waals surface area (Å²) in [6.45, 7) is 1.63. The smallest absolute Gasteiger partial charge is 0.0340 e. The van der Waals surface area contributed by atoms with Crippen LogP contribution in [-0.2, 0) is 0 Å². The largest absolute Gasteiger partial charge is 0.384 e. The van der Waals surface area contributed by atoms with Crippen LogP contribution in [0.2, 0.25) is 0 Å². The van der Waals surface area contributed by atoms with Crippen LogP contribution < -0.4 is 11.1 Å². The molecule has 2 nitrogen and oxygen atoms in total. The molecule has 84 valence electrons. The highest BCUT2D eigenvalue weighted by atomic mass is 14.9. The van der Waals surface area contributed by atoms with E-state index < -0.39 is 0 Å². The van der Waals surface area contributed by atoms with Gasteiger partial charge in [-0.15, -0.1) is 0 Å². The minimum Gasteiger partial charge on any atom is -0.384 e. The van der Waals surface area contributed by atoms with E-state index >= 15 is 0 Å². The first-order valence-corrected chi connectivity index (χ1v) is 5.74. The first-order chi connectivity index (χ1) is 7.88. The van der Waals surface area contributed by atoms with Crippen molar-refractivity contribution in [1.29, 1.82) is 0 Å². The second-order valence-corrected chi connectivity index (χ2v) is 4.08.